The van der Waals surface area contributed by atoms with Crippen molar-refractivity contribution in [1.29, 1.82) is 0 Å². The third kappa shape index (κ3) is 3.97. The lowest BCUT2D eigenvalue weighted by Gasteiger charge is -2.35. The molecule has 3 rings (SSSR count). The van der Waals surface area contributed by atoms with Crippen LogP contribution >= 0.6 is 24.0 Å². The molecule has 0 bridgehead atoms. The summed E-state index contributed by atoms with van der Waals surface area (Å²) in [5.74, 6) is -1.12. The first-order valence-corrected chi connectivity index (χ1v) is 9.03. The molecule has 2 unspecified atom stereocenters. The predicted octanol–water partition coefficient (Wildman–Crippen LogP) is 2.63. The Morgan fingerprint density at radius 2 is 1.96 bits per heavy atom. The average Bonchev–Trinajstić information content (AvgIpc) is 2.95. The number of piperazine rings is 1. The highest BCUT2D eigenvalue weighted by Gasteiger charge is 2.46. The Kier molecular flexibility index (Phi) is 6.88. The molecule has 26 heavy (non-hydrogen) atoms. The summed E-state index contributed by atoms with van der Waals surface area (Å²) >= 11 is 5.80. The van der Waals surface area contributed by atoms with Gasteiger partial charge in [-0.05, 0) is 31.5 Å². The fraction of sp³-hybridized carbons (Fsp3) is 0.556. The second-order valence-corrected chi connectivity index (χ2v) is 7.31. The molecule has 0 spiro atoms. The van der Waals surface area contributed by atoms with E-state index in [1.807, 2.05) is 13.8 Å². The van der Waals surface area contributed by atoms with Gasteiger partial charge in [0.2, 0.25) is 11.8 Å². The summed E-state index contributed by atoms with van der Waals surface area (Å²) in [5.41, 5.74) is 0.620. The predicted molar refractivity (Wildman–Crippen MR) is 101 cm³/mol. The van der Waals surface area contributed by atoms with Crippen molar-refractivity contribution in [2.75, 3.05) is 26.2 Å². The first-order chi connectivity index (χ1) is 11.9. The average molecular weight is 404 g/mol. The van der Waals surface area contributed by atoms with Crippen molar-refractivity contribution < 1.29 is 14.0 Å². The molecule has 2 amide bonds. The van der Waals surface area contributed by atoms with Gasteiger partial charge >= 0.3 is 0 Å². The number of carbonyl (C=O) groups is 2. The molecule has 144 valence electrons. The van der Waals surface area contributed by atoms with Crippen LogP contribution in [0.3, 0.4) is 0 Å². The van der Waals surface area contributed by atoms with Crippen LogP contribution < -0.4 is 5.32 Å². The van der Waals surface area contributed by atoms with Crippen molar-refractivity contribution in [1.82, 2.24) is 15.1 Å². The monoisotopic (exact) mass is 403 g/mol. The van der Waals surface area contributed by atoms with Crippen LogP contribution in [0.4, 0.5) is 4.39 Å². The first-order valence-electron chi connectivity index (χ1n) is 8.65. The van der Waals surface area contributed by atoms with Crippen LogP contribution in [0.5, 0.6) is 0 Å². The van der Waals surface area contributed by atoms with Crippen LogP contribution in [-0.2, 0) is 9.59 Å². The largest absolute Gasteiger partial charge is 0.340 e. The Hall–Kier alpha value is -1.37. The summed E-state index contributed by atoms with van der Waals surface area (Å²) in [6.07, 6.45) is 0.163. The zero-order valence-corrected chi connectivity index (χ0v) is 16.4. The molecule has 1 aromatic rings. The van der Waals surface area contributed by atoms with Crippen molar-refractivity contribution in [3.63, 3.8) is 0 Å². The molecular weight excluding hydrogens is 380 g/mol. The van der Waals surface area contributed by atoms with E-state index in [-0.39, 0.29) is 41.7 Å². The van der Waals surface area contributed by atoms with Gasteiger partial charge in [-0.2, -0.15) is 0 Å². The van der Waals surface area contributed by atoms with Gasteiger partial charge in [0.1, 0.15) is 5.82 Å². The second kappa shape index (κ2) is 8.55. The Morgan fingerprint density at radius 1 is 1.31 bits per heavy atom. The number of carbonyl (C=O) groups excluding carboxylic acids is 2. The number of nitrogens with one attached hydrogen (secondary N) is 1. The van der Waals surface area contributed by atoms with Gasteiger partial charge < -0.3 is 15.1 Å². The minimum absolute atomic E-state index is 0. The maximum Gasteiger partial charge on any atom is 0.228 e. The molecule has 0 radical (unpaired) electrons. The molecule has 0 saturated carbocycles. The van der Waals surface area contributed by atoms with Crippen LogP contribution in [-0.4, -0.2) is 53.8 Å². The maximum atomic E-state index is 14.0. The Labute approximate surface area is 164 Å². The number of hydrogen-bond acceptors (Lipinski definition) is 3. The molecule has 0 aromatic heterocycles. The lowest BCUT2D eigenvalue weighted by Crippen LogP contribution is -2.49. The van der Waals surface area contributed by atoms with Crippen LogP contribution in [0.15, 0.2) is 18.2 Å². The van der Waals surface area contributed by atoms with Gasteiger partial charge in [-0.25, -0.2) is 4.39 Å². The zero-order chi connectivity index (χ0) is 18.1. The quantitative estimate of drug-likeness (QED) is 0.843. The first kappa shape index (κ1) is 20.9. The molecule has 0 aliphatic carbocycles. The minimum atomic E-state index is -0.532. The Morgan fingerprint density at radius 3 is 2.54 bits per heavy atom. The van der Waals surface area contributed by atoms with Crippen LogP contribution in [0.2, 0.25) is 5.02 Å². The van der Waals surface area contributed by atoms with E-state index in [0.29, 0.717) is 18.7 Å². The van der Waals surface area contributed by atoms with Gasteiger partial charge in [0.25, 0.3) is 0 Å². The number of hydrogen-bond donors (Lipinski definition) is 1. The summed E-state index contributed by atoms with van der Waals surface area (Å²) in [6, 6.07) is 4.01. The Balaban J connectivity index is 0.00000243. The molecule has 1 N–H and O–H groups in total. The standard InChI is InChI=1S/C18H23ClFN3O2.ClH/c1-11(2)23-16(24)10-13(18(25)22-7-5-21-6-8-22)17(23)12-3-4-14(19)15(20)9-12;/h3-4,9,11,13,17,21H,5-8,10H2,1-2H3;1H. The molecular formula is C18H24Cl2FN3O2. The highest BCUT2D eigenvalue weighted by atomic mass is 35.5. The van der Waals surface area contributed by atoms with Crippen molar-refractivity contribution in [2.24, 2.45) is 5.92 Å². The molecule has 2 saturated heterocycles. The number of rotatable bonds is 3. The Bertz CT molecular complexity index is 680. The third-order valence-electron chi connectivity index (χ3n) is 4.95. The van der Waals surface area contributed by atoms with Crippen LogP contribution in [0.1, 0.15) is 31.9 Å². The lowest BCUT2D eigenvalue weighted by molar-refractivity contribution is -0.137. The highest BCUT2D eigenvalue weighted by molar-refractivity contribution is 6.30. The second-order valence-electron chi connectivity index (χ2n) is 6.90. The van der Waals surface area contributed by atoms with Gasteiger partial charge in [0, 0.05) is 38.6 Å². The van der Waals surface area contributed by atoms with Crippen molar-refractivity contribution in [2.45, 2.75) is 32.4 Å². The topological polar surface area (TPSA) is 52.7 Å². The normalized spacial score (nSPS) is 23.3. The van der Waals surface area contributed by atoms with E-state index in [1.54, 1.807) is 15.9 Å². The lowest BCUT2D eigenvalue weighted by atomic mass is 9.91. The summed E-state index contributed by atoms with van der Waals surface area (Å²) < 4.78 is 14.0. The van der Waals surface area contributed by atoms with Gasteiger partial charge in [0.15, 0.2) is 0 Å². The molecule has 2 aliphatic rings. The van der Waals surface area contributed by atoms with Crippen LogP contribution in [0.25, 0.3) is 0 Å². The highest BCUT2D eigenvalue weighted by Crippen LogP contribution is 2.41. The van der Waals surface area contributed by atoms with Crippen LogP contribution in [0, 0.1) is 11.7 Å². The number of likely N-dealkylation sites (tertiary alicyclic amines) is 1. The van der Waals surface area contributed by atoms with E-state index in [0.717, 1.165) is 13.1 Å². The number of benzene rings is 1. The fourth-order valence-corrected chi connectivity index (χ4v) is 3.91. The van der Waals surface area contributed by atoms with Crippen molar-refractivity contribution >= 4 is 35.8 Å². The third-order valence-corrected chi connectivity index (χ3v) is 5.26. The van der Waals surface area contributed by atoms with Gasteiger partial charge in [-0.1, -0.05) is 17.7 Å². The van der Waals surface area contributed by atoms with Crippen molar-refractivity contribution in [3.05, 3.63) is 34.6 Å². The minimum Gasteiger partial charge on any atom is -0.340 e. The van der Waals surface area contributed by atoms with E-state index in [2.05, 4.69) is 5.32 Å². The van der Waals surface area contributed by atoms with E-state index in [4.69, 9.17) is 11.6 Å². The summed E-state index contributed by atoms with van der Waals surface area (Å²) in [7, 11) is 0. The smallest absolute Gasteiger partial charge is 0.228 e. The fourth-order valence-electron chi connectivity index (χ4n) is 3.79. The molecule has 8 heteroatoms. The summed E-state index contributed by atoms with van der Waals surface area (Å²) in [5, 5.41) is 3.25. The number of nitrogens with zero attached hydrogens (tertiary/aromatic N) is 2. The van der Waals surface area contributed by atoms with Gasteiger partial charge in [-0.15, -0.1) is 12.4 Å². The van der Waals surface area contributed by atoms with Gasteiger partial charge in [0.05, 0.1) is 17.0 Å². The zero-order valence-electron chi connectivity index (χ0n) is 14.9. The summed E-state index contributed by atoms with van der Waals surface area (Å²) in [6.45, 7) is 6.59. The summed E-state index contributed by atoms with van der Waals surface area (Å²) in [4.78, 5) is 29.1. The molecule has 5 nitrogen and oxygen atoms in total. The molecule has 2 heterocycles. The van der Waals surface area contributed by atoms with E-state index >= 15 is 0 Å². The van der Waals surface area contributed by atoms with E-state index in [1.165, 1.54) is 12.1 Å². The number of halogens is 3. The van der Waals surface area contributed by atoms with E-state index < -0.39 is 17.8 Å². The molecule has 2 aliphatic heterocycles. The molecule has 1 aromatic carbocycles. The van der Waals surface area contributed by atoms with Crippen molar-refractivity contribution in [3.8, 4) is 0 Å². The maximum absolute atomic E-state index is 14.0. The molecule has 2 fully saturated rings. The van der Waals surface area contributed by atoms with Gasteiger partial charge in [-0.3, -0.25) is 9.59 Å². The molecule has 2 atom stereocenters. The van der Waals surface area contributed by atoms with E-state index in [9.17, 15) is 14.0 Å². The SMILES string of the molecule is CC(C)N1C(=O)CC(C(=O)N2CCNCC2)C1c1ccc(Cl)c(F)c1.Cl. The number of amides is 2.